The third kappa shape index (κ3) is 1.12. The summed E-state index contributed by atoms with van der Waals surface area (Å²) in [6.45, 7) is 0. The second kappa shape index (κ2) is 3.49. The molecule has 0 spiro atoms. The van der Waals surface area contributed by atoms with Crippen LogP contribution in [-0.2, 0) is 0 Å². The molecule has 0 atom stereocenters. The predicted molar refractivity (Wildman–Crippen MR) is 87.7 cm³/mol. The molecular formula is C20H12. The fourth-order valence-corrected chi connectivity index (χ4v) is 2.83. The maximum Gasteiger partial charge on any atom is 0.0629 e. The van der Waals surface area contributed by atoms with Crippen LogP contribution in [-0.4, -0.2) is 0 Å². The molecule has 5 rings (SSSR count). The van der Waals surface area contributed by atoms with Crippen molar-refractivity contribution in [2.75, 3.05) is 0 Å². The Balaban J connectivity index is 2.39. The smallest absolute Gasteiger partial charge is 0.0610 e. The molecule has 0 fully saturated rings. The van der Waals surface area contributed by atoms with Crippen LogP contribution in [0, 0.1) is 0 Å². The summed E-state index contributed by atoms with van der Waals surface area (Å²) in [5.41, 5.74) is 0. The maximum atomic E-state index is 8.51. The summed E-state index contributed by atoms with van der Waals surface area (Å²) in [7, 11) is 0. The van der Waals surface area contributed by atoms with Crippen LogP contribution in [0.5, 0.6) is 0 Å². The van der Waals surface area contributed by atoms with E-state index in [1.165, 1.54) is 12.1 Å². The molecule has 92 valence electrons. The summed E-state index contributed by atoms with van der Waals surface area (Å²) in [5.74, 6) is 0. The molecule has 0 aliphatic heterocycles. The highest BCUT2D eigenvalue weighted by atomic mass is 14.1. The van der Waals surface area contributed by atoms with Crippen LogP contribution >= 0.6 is 0 Å². The van der Waals surface area contributed by atoms with Crippen molar-refractivity contribution in [1.29, 1.82) is 0 Å². The van der Waals surface area contributed by atoms with Crippen LogP contribution < -0.4 is 0 Å². The first-order valence-corrected chi connectivity index (χ1v) is 6.16. The van der Waals surface area contributed by atoms with Gasteiger partial charge in [0.2, 0.25) is 0 Å². The van der Waals surface area contributed by atoms with E-state index < -0.39 is 30.2 Å². The molecule has 20 heavy (non-hydrogen) atoms. The Bertz CT molecular complexity index is 1580. The SMILES string of the molecule is [2H]c1c([2H])c2c([2H])ccc3c4c([2H])c([2H])c([2H])c5c([2H])c([2H])c([2H])c(c(c1[2H])c23)c54. The first-order chi connectivity index (χ1) is 14.1. The minimum absolute atomic E-state index is 0.0438. The van der Waals surface area contributed by atoms with Gasteiger partial charge in [-0.15, -0.1) is 0 Å². The summed E-state index contributed by atoms with van der Waals surface area (Å²) >= 11 is 0. The Morgan fingerprint density at radius 2 is 1.05 bits per heavy atom. The third-order valence-corrected chi connectivity index (χ3v) is 3.64. The van der Waals surface area contributed by atoms with Gasteiger partial charge in [0.1, 0.15) is 0 Å². The zero-order valence-corrected chi connectivity index (χ0v) is 10.2. The Hall–Kier alpha value is -2.60. The summed E-state index contributed by atoms with van der Waals surface area (Å²) in [6.07, 6.45) is 0. The van der Waals surface area contributed by atoms with E-state index in [2.05, 4.69) is 0 Å². The van der Waals surface area contributed by atoms with Gasteiger partial charge in [0.15, 0.2) is 0 Å². The molecule has 0 aliphatic rings. The van der Waals surface area contributed by atoms with Crippen molar-refractivity contribution in [2.45, 2.75) is 0 Å². The number of fused-ring (bicyclic) bond motifs is 2. The van der Waals surface area contributed by atoms with Gasteiger partial charge < -0.3 is 0 Å². The first kappa shape index (κ1) is 4.75. The van der Waals surface area contributed by atoms with Gasteiger partial charge in [-0.3, -0.25) is 0 Å². The van der Waals surface area contributed by atoms with Gasteiger partial charge in [-0.2, -0.15) is 0 Å². The van der Waals surface area contributed by atoms with Crippen molar-refractivity contribution in [3.8, 4) is 0 Å². The number of rotatable bonds is 0. The van der Waals surface area contributed by atoms with E-state index in [0.29, 0.717) is 5.39 Å². The molecule has 5 aromatic rings. The monoisotopic (exact) mass is 262 g/mol. The van der Waals surface area contributed by atoms with Crippen molar-refractivity contribution >= 4 is 43.1 Å². The van der Waals surface area contributed by atoms with Gasteiger partial charge in [-0.1, -0.05) is 72.6 Å². The fourth-order valence-electron chi connectivity index (χ4n) is 2.83. The summed E-state index contributed by atoms with van der Waals surface area (Å²) < 4.78 is 83.3. The highest BCUT2D eigenvalue weighted by Crippen LogP contribution is 2.39. The lowest BCUT2D eigenvalue weighted by molar-refractivity contribution is 1.78. The van der Waals surface area contributed by atoms with Gasteiger partial charge in [-0.05, 0) is 43.1 Å². The molecule has 0 heterocycles. The minimum Gasteiger partial charge on any atom is -0.0610 e. The van der Waals surface area contributed by atoms with E-state index in [4.69, 9.17) is 13.7 Å². The average Bonchev–Trinajstić information content (AvgIpc) is 2.72. The molecule has 0 nitrogen and oxygen atoms in total. The van der Waals surface area contributed by atoms with E-state index in [0.717, 1.165) is 0 Å². The number of benzene rings is 5. The van der Waals surface area contributed by atoms with Crippen molar-refractivity contribution in [1.82, 2.24) is 0 Å². The lowest BCUT2D eigenvalue weighted by Gasteiger charge is -2.13. The molecule has 0 amide bonds. The van der Waals surface area contributed by atoms with Crippen LogP contribution in [0.2, 0.25) is 0 Å². The molecule has 0 saturated heterocycles. The minimum atomic E-state index is -0.478. The molecule has 0 aromatic heterocycles. The molecule has 0 N–H and O–H groups in total. The summed E-state index contributed by atoms with van der Waals surface area (Å²) in [6, 6.07) is -0.525. The number of hydrogen-bond donors (Lipinski definition) is 0. The molecule has 0 radical (unpaired) electrons. The van der Waals surface area contributed by atoms with Crippen molar-refractivity contribution in [3.05, 3.63) is 72.6 Å². The molecule has 0 aliphatic carbocycles. The Labute approximate surface area is 130 Å². The first-order valence-electron chi connectivity index (χ1n) is 11.2. The Morgan fingerprint density at radius 3 is 1.70 bits per heavy atom. The van der Waals surface area contributed by atoms with E-state index in [1.807, 2.05) is 0 Å². The zero-order chi connectivity index (χ0) is 21.8. The van der Waals surface area contributed by atoms with E-state index in [-0.39, 0.29) is 67.9 Å². The molecular weight excluding hydrogens is 240 g/mol. The molecule has 0 heteroatoms. The molecule has 0 saturated carbocycles. The Morgan fingerprint density at radius 1 is 0.550 bits per heavy atom. The van der Waals surface area contributed by atoms with Gasteiger partial charge in [-0.25, -0.2) is 0 Å². The van der Waals surface area contributed by atoms with Crippen molar-refractivity contribution in [3.63, 3.8) is 0 Å². The lowest BCUT2D eigenvalue weighted by atomic mass is 9.90. The predicted octanol–water partition coefficient (Wildman–Crippen LogP) is 5.74. The van der Waals surface area contributed by atoms with Crippen LogP contribution in [0.15, 0.2) is 72.6 Å². The van der Waals surface area contributed by atoms with Crippen LogP contribution in [0.4, 0.5) is 0 Å². The van der Waals surface area contributed by atoms with E-state index >= 15 is 0 Å². The summed E-state index contributed by atoms with van der Waals surface area (Å²) in [4.78, 5) is 0. The zero-order valence-electron chi connectivity index (χ0n) is 20.2. The maximum absolute atomic E-state index is 8.51. The third-order valence-electron chi connectivity index (χ3n) is 3.64. The van der Waals surface area contributed by atoms with Gasteiger partial charge in [0.25, 0.3) is 0 Å². The van der Waals surface area contributed by atoms with Crippen LogP contribution in [0.1, 0.15) is 13.7 Å². The highest BCUT2D eigenvalue weighted by molar-refractivity contribution is 6.32. The van der Waals surface area contributed by atoms with Gasteiger partial charge in [0, 0.05) is 0 Å². The Kier molecular flexibility index (Phi) is 0.827. The normalized spacial score (nSPS) is 19.0. The fraction of sp³-hybridized carbons (Fsp3) is 0. The summed E-state index contributed by atoms with van der Waals surface area (Å²) in [5, 5.41) is 1.19. The second-order valence-electron chi connectivity index (χ2n) is 4.64. The molecule has 5 aromatic carbocycles. The standard InChI is InChI=1S/C20H12/c1-5-13-6-2-11-17-18-12-4-8-14-7-3-10-16(20(14)18)15(9-1)19(13)17/h1-12H/i1D,2D,3D,5D,6D,7D,8D,9D,10D,11D. The van der Waals surface area contributed by atoms with E-state index in [9.17, 15) is 0 Å². The number of hydrogen-bond acceptors (Lipinski definition) is 0. The van der Waals surface area contributed by atoms with Crippen LogP contribution in [0.3, 0.4) is 0 Å². The highest BCUT2D eigenvalue weighted by Gasteiger charge is 2.11. The van der Waals surface area contributed by atoms with Crippen molar-refractivity contribution < 1.29 is 13.7 Å². The van der Waals surface area contributed by atoms with Gasteiger partial charge >= 0.3 is 0 Å². The average molecular weight is 262 g/mol. The van der Waals surface area contributed by atoms with Crippen LogP contribution in [0.25, 0.3) is 43.1 Å². The van der Waals surface area contributed by atoms with Gasteiger partial charge in [0.05, 0.1) is 13.7 Å². The second-order valence-corrected chi connectivity index (χ2v) is 4.64. The quantitative estimate of drug-likeness (QED) is 0.247. The largest absolute Gasteiger partial charge is 0.0629 e. The topological polar surface area (TPSA) is 0 Å². The van der Waals surface area contributed by atoms with Crippen molar-refractivity contribution in [2.24, 2.45) is 0 Å². The van der Waals surface area contributed by atoms with E-state index in [1.54, 1.807) is 0 Å². The lowest BCUT2D eigenvalue weighted by Crippen LogP contribution is -1.85. The molecule has 0 bridgehead atoms. The molecule has 0 unspecified atom stereocenters.